The van der Waals surface area contributed by atoms with Crippen LogP contribution >= 0.6 is 11.3 Å². The quantitative estimate of drug-likeness (QED) is 0.904. The molecule has 0 unspecified atom stereocenters. The summed E-state index contributed by atoms with van der Waals surface area (Å²) in [5.41, 5.74) is 0. The molecule has 1 aromatic heterocycles. The molecule has 1 atom stereocenters. The molecule has 4 rings (SSSR count). The van der Waals surface area contributed by atoms with E-state index in [1.165, 1.54) is 0 Å². The van der Waals surface area contributed by atoms with Gasteiger partial charge >= 0.3 is 6.03 Å². The van der Waals surface area contributed by atoms with Crippen LogP contribution in [0.15, 0.2) is 35.8 Å². The number of carbonyl (C=O) groups excluding carboxylic acids is 1. The average molecular weight is 360 g/mol. The van der Waals surface area contributed by atoms with E-state index in [2.05, 4.69) is 15.2 Å². The standard InChI is InChI=1S/C17H20N4O3S/c22-16(20-6-8-21(9-7-20)17-18-5-10-25-17)19-11-13-12-23-14-3-1-2-4-15(14)24-13/h1-5,10,13H,6-9,11-12H2,(H,19,22)/t13-/m0/s1. The van der Waals surface area contributed by atoms with Crippen molar-refractivity contribution in [1.82, 2.24) is 15.2 Å². The maximum atomic E-state index is 12.4. The molecule has 0 saturated carbocycles. The first-order chi connectivity index (χ1) is 12.3. The number of carbonyl (C=O) groups is 1. The van der Waals surface area contributed by atoms with Crippen LogP contribution in [0.2, 0.25) is 0 Å². The van der Waals surface area contributed by atoms with E-state index in [9.17, 15) is 4.79 Å². The summed E-state index contributed by atoms with van der Waals surface area (Å²) in [7, 11) is 0. The monoisotopic (exact) mass is 360 g/mol. The van der Waals surface area contributed by atoms with Crippen molar-refractivity contribution >= 4 is 22.5 Å². The molecule has 25 heavy (non-hydrogen) atoms. The number of rotatable bonds is 3. The number of nitrogens with zero attached hydrogens (tertiary/aromatic N) is 3. The third kappa shape index (κ3) is 3.63. The van der Waals surface area contributed by atoms with Crippen LogP contribution in [0, 0.1) is 0 Å². The largest absolute Gasteiger partial charge is 0.486 e. The predicted molar refractivity (Wildman–Crippen MR) is 95.7 cm³/mol. The number of hydrogen-bond donors (Lipinski definition) is 1. The summed E-state index contributed by atoms with van der Waals surface area (Å²) in [6.07, 6.45) is 1.64. The number of benzene rings is 1. The molecule has 1 saturated heterocycles. The highest BCUT2D eigenvalue weighted by Crippen LogP contribution is 2.30. The number of piperazine rings is 1. The van der Waals surface area contributed by atoms with Gasteiger partial charge in [0, 0.05) is 37.8 Å². The summed E-state index contributed by atoms with van der Waals surface area (Å²) < 4.78 is 11.5. The van der Waals surface area contributed by atoms with E-state index in [4.69, 9.17) is 9.47 Å². The van der Waals surface area contributed by atoms with Crippen LogP contribution in [-0.4, -0.2) is 61.3 Å². The molecular formula is C17H20N4O3S. The van der Waals surface area contributed by atoms with Crippen LogP contribution in [0.4, 0.5) is 9.93 Å². The SMILES string of the molecule is O=C(NC[C@H]1COc2ccccc2O1)N1CCN(c2nccs2)CC1. The number of anilines is 1. The van der Waals surface area contributed by atoms with Gasteiger partial charge in [0.05, 0.1) is 6.54 Å². The molecule has 2 amide bonds. The lowest BCUT2D eigenvalue weighted by Crippen LogP contribution is -2.53. The Balaban J connectivity index is 1.24. The van der Waals surface area contributed by atoms with E-state index in [0.29, 0.717) is 26.2 Å². The van der Waals surface area contributed by atoms with Crippen LogP contribution in [0.3, 0.4) is 0 Å². The number of thiazole rings is 1. The van der Waals surface area contributed by atoms with Crippen molar-refractivity contribution < 1.29 is 14.3 Å². The van der Waals surface area contributed by atoms with E-state index < -0.39 is 0 Å². The minimum absolute atomic E-state index is 0.0544. The molecule has 7 nitrogen and oxygen atoms in total. The summed E-state index contributed by atoms with van der Waals surface area (Å²) in [4.78, 5) is 20.7. The van der Waals surface area contributed by atoms with Crippen molar-refractivity contribution in [3.05, 3.63) is 35.8 Å². The number of para-hydroxylation sites is 2. The molecule has 2 aromatic rings. The number of urea groups is 1. The number of aromatic nitrogens is 1. The first kappa shape index (κ1) is 16.0. The van der Waals surface area contributed by atoms with Gasteiger partial charge in [0.1, 0.15) is 6.61 Å². The van der Waals surface area contributed by atoms with Crippen LogP contribution in [0.1, 0.15) is 0 Å². The molecule has 1 N–H and O–H groups in total. The van der Waals surface area contributed by atoms with Gasteiger partial charge in [-0.15, -0.1) is 11.3 Å². The van der Waals surface area contributed by atoms with Crippen molar-refractivity contribution in [2.45, 2.75) is 6.10 Å². The second kappa shape index (κ2) is 7.18. The van der Waals surface area contributed by atoms with Gasteiger partial charge in [-0.05, 0) is 12.1 Å². The van der Waals surface area contributed by atoms with E-state index in [1.807, 2.05) is 40.7 Å². The Kier molecular flexibility index (Phi) is 4.60. The van der Waals surface area contributed by atoms with E-state index in [1.54, 1.807) is 11.3 Å². The van der Waals surface area contributed by atoms with E-state index >= 15 is 0 Å². The number of ether oxygens (including phenoxy) is 2. The highest BCUT2D eigenvalue weighted by atomic mass is 32.1. The van der Waals surface area contributed by atoms with Gasteiger partial charge in [-0.25, -0.2) is 9.78 Å². The predicted octanol–water partition coefficient (Wildman–Crippen LogP) is 1.81. The van der Waals surface area contributed by atoms with Crippen LogP contribution < -0.4 is 19.7 Å². The molecular weight excluding hydrogens is 340 g/mol. The zero-order valence-corrected chi connectivity index (χ0v) is 14.6. The lowest BCUT2D eigenvalue weighted by atomic mass is 10.2. The Morgan fingerprint density at radius 1 is 1.24 bits per heavy atom. The maximum Gasteiger partial charge on any atom is 0.317 e. The van der Waals surface area contributed by atoms with Gasteiger partial charge in [0.25, 0.3) is 0 Å². The number of hydrogen-bond acceptors (Lipinski definition) is 6. The van der Waals surface area contributed by atoms with Crippen molar-refractivity contribution in [3.8, 4) is 11.5 Å². The zero-order valence-electron chi connectivity index (χ0n) is 13.8. The number of fused-ring (bicyclic) bond motifs is 1. The Hall–Kier alpha value is -2.48. The lowest BCUT2D eigenvalue weighted by molar-refractivity contribution is 0.0900. The molecule has 1 fully saturated rings. The molecule has 0 aliphatic carbocycles. The van der Waals surface area contributed by atoms with Crippen LogP contribution in [0.5, 0.6) is 11.5 Å². The fourth-order valence-corrected chi connectivity index (χ4v) is 3.65. The number of nitrogens with one attached hydrogen (secondary N) is 1. The Morgan fingerprint density at radius 3 is 2.80 bits per heavy atom. The highest BCUT2D eigenvalue weighted by molar-refractivity contribution is 7.13. The van der Waals surface area contributed by atoms with Crippen LogP contribution in [-0.2, 0) is 0 Å². The van der Waals surface area contributed by atoms with Crippen molar-refractivity contribution in [2.75, 3.05) is 44.2 Å². The molecule has 2 aliphatic rings. The highest BCUT2D eigenvalue weighted by Gasteiger charge is 2.25. The van der Waals surface area contributed by atoms with Gasteiger partial charge in [-0.2, -0.15) is 0 Å². The van der Waals surface area contributed by atoms with Gasteiger partial charge in [-0.1, -0.05) is 12.1 Å². The molecule has 0 spiro atoms. The molecule has 0 bridgehead atoms. The molecule has 0 radical (unpaired) electrons. The molecule has 3 heterocycles. The fraction of sp³-hybridized carbons (Fsp3) is 0.412. The van der Waals surface area contributed by atoms with Gasteiger partial charge in [0.15, 0.2) is 22.7 Å². The third-order valence-electron chi connectivity index (χ3n) is 4.31. The average Bonchev–Trinajstić information content (AvgIpc) is 3.21. The summed E-state index contributed by atoms with van der Waals surface area (Å²) in [6.45, 7) is 3.86. The minimum Gasteiger partial charge on any atom is -0.486 e. The lowest BCUT2D eigenvalue weighted by Gasteiger charge is -2.35. The first-order valence-electron chi connectivity index (χ1n) is 8.35. The summed E-state index contributed by atoms with van der Waals surface area (Å²) in [5.74, 6) is 1.48. The van der Waals surface area contributed by atoms with E-state index in [0.717, 1.165) is 29.7 Å². The Bertz CT molecular complexity index is 716. The smallest absolute Gasteiger partial charge is 0.317 e. The third-order valence-corrected chi connectivity index (χ3v) is 5.14. The Labute approximate surface area is 150 Å². The summed E-state index contributed by atoms with van der Waals surface area (Å²) in [5, 5.41) is 5.94. The van der Waals surface area contributed by atoms with Crippen molar-refractivity contribution in [2.24, 2.45) is 0 Å². The van der Waals surface area contributed by atoms with Gasteiger partial charge < -0.3 is 24.6 Å². The second-order valence-electron chi connectivity index (χ2n) is 5.97. The second-order valence-corrected chi connectivity index (χ2v) is 6.85. The number of amides is 2. The maximum absolute atomic E-state index is 12.4. The van der Waals surface area contributed by atoms with Crippen LogP contribution in [0.25, 0.3) is 0 Å². The zero-order chi connectivity index (χ0) is 17.1. The fourth-order valence-electron chi connectivity index (χ4n) is 2.95. The summed E-state index contributed by atoms with van der Waals surface area (Å²) in [6, 6.07) is 7.52. The first-order valence-corrected chi connectivity index (χ1v) is 9.23. The minimum atomic E-state index is -0.171. The normalized spacial score (nSPS) is 19.6. The summed E-state index contributed by atoms with van der Waals surface area (Å²) >= 11 is 1.63. The molecule has 132 valence electrons. The van der Waals surface area contributed by atoms with E-state index in [-0.39, 0.29) is 12.1 Å². The molecule has 2 aliphatic heterocycles. The Morgan fingerprint density at radius 2 is 2.04 bits per heavy atom. The molecule has 8 heteroatoms. The van der Waals surface area contributed by atoms with Crippen molar-refractivity contribution in [1.29, 1.82) is 0 Å². The van der Waals surface area contributed by atoms with Gasteiger partial charge in [-0.3, -0.25) is 0 Å². The van der Waals surface area contributed by atoms with Gasteiger partial charge in [0.2, 0.25) is 0 Å². The topological polar surface area (TPSA) is 66.9 Å². The van der Waals surface area contributed by atoms with Crippen molar-refractivity contribution in [3.63, 3.8) is 0 Å². The molecule has 1 aromatic carbocycles.